The Morgan fingerprint density at radius 3 is 2.00 bits per heavy atom. The summed E-state index contributed by atoms with van der Waals surface area (Å²) in [6.45, 7) is 4.00. The Hall–Kier alpha value is -0.530. The molecule has 0 aromatic heterocycles. The van der Waals surface area contributed by atoms with Gasteiger partial charge in [-0.3, -0.25) is 0 Å². The summed E-state index contributed by atoms with van der Waals surface area (Å²) in [6.07, 6.45) is 1.99. The van der Waals surface area contributed by atoms with Crippen LogP contribution in [0, 0.1) is 0 Å². The highest BCUT2D eigenvalue weighted by Crippen LogP contribution is 1.80. The first-order chi connectivity index (χ1) is 3.63. The van der Waals surface area contributed by atoms with Gasteiger partial charge in [0, 0.05) is 0 Å². The molecule has 0 unspecified atom stereocenters. The molecule has 48 valence electrons. The van der Waals surface area contributed by atoms with Gasteiger partial charge in [-0.1, -0.05) is 0 Å². The van der Waals surface area contributed by atoms with Gasteiger partial charge in [-0.15, -0.1) is 0 Å². The van der Waals surface area contributed by atoms with Crippen LogP contribution in [0.5, 0.6) is 0 Å². The van der Waals surface area contributed by atoms with Crippen molar-refractivity contribution < 1.29 is 9.31 Å². The van der Waals surface area contributed by atoms with Gasteiger partial charge in [0.2, 0.25) is 0 Å². The molecule has 0 saturated heterocycles. The van der Waals surface area contributed by atoms with E-state index in [1.165, 1.54) is 0 Å². The Labute approximate surface area is 50.8 Å². The van der Waals surface area contributed by atoms with Crippen molar-refractivity contribution in [1.82, 2.24) is 0 Å². The fourth-order valence-electron chi connectivity index (χ4n) is 0.243. The second-order valence-corrected chi connectivity index (χ2v) is 2.25. The molecule has 0 atom stereocenters. The van der Waals surface area contributed by atoms with Crippen LogP contribution in [0.1, 0.15) is 13.8 Å². The van der Waals surface area contributed by atoms with E-state index in [1.807, 2.05) is 32.5 Å². The van der Waals surface area contributed by atoms with Crippen LogP contribution in [0.15, 0.2) is 0 Å². The molecule has 0 spiro atoms. The lowest BCUT2D eigenvalue weighted by Gasteiger charge is -1.98. The standard InChI is InChI=1S/C6H14NO/c1-6(2)8-5-7(3)4/h5-6H,1-4H3/q+1. The molecule has 0 bridgehead atoms. The van der Waals surface area contributed by atoms with Crippen molar-refractivity contribution in [3.8, 4) is 0 Å². The molecule has 0 aliphatic heterocycles. The lowest BCUT2D eigenvalue weighted by molar-refractivity contribution is -0.468. The van der Waals surface area contributed by atoms with Crippen molar-refractivity contribution >= 4 is 6.40 Å². The fourth-order valence-corrected chi connectivity index (χ4v) is 0.243. The van der Waals surface area contributed by atoms with Gasteiger partial charge in [0.1, 0.15) is 14.1 Å². The molecule has 0 N–H and O–H groups in total. The number of hydrogen-bond donors (Lipinski definition) is 0. The van der Waals surface area contributed by atoms with Crippen LogP contribution in [0.3, 0.4) is 0 Å². The third-order valence-electron chi connectivity index (χ3n) is 0.544. The number of nitrogens with zero attached hydrogens (tertiary/aromatic N) is 1. The van der Waals surface area contributed by atoms with Gasteiger partial charge in [-0.2, -0.15) is 0 Å². The van der Waals surface area contributed by atoms with Crippen molar-refractivity contribution in [2.24, 2.45) is 0 Å². The largest absolute Gasteiger partial charge is 0.448 e. The molecular formula is C6H14NO+. The molecule has 2 heteroatoms. The molecule has 0 radical (unpaired) electrons. The summed E-state index contributed by atoms with van der Waals surface area (Å²) in [5, 5.41) is 0. The minimum Gasteiger partial charge on any atom is -0.448 e. The maximum atomic E-state index is 5.10. The van der Waals surface area contributed by atoms with Crippen LogP contribution in [0.4, 0.5) is 0 Å². The molecule has 0 aromatic rings. The number of ether oxygens (including phenoxy) is 1. The highest BCUT2D eigenvalue weighted by Gasteiger charge is 1.89. The third kappa shape index (κ3) is 5.47. The molecule has 0 fully saturated rings. The lowest BCUT2D eigenvalue weighted by atomic mass is 10.5. The molecule has 0 rings (SSSR count). The zero-order valence-electron chi connectivity index (χ0n) is 6.01. The minimum atomic E-state index is 0.289. The zero-order chi connectivity index (χ0) is 6.57. The summed E-state index contributed by atoms with van der Waals surface area (Å²) in [5.41, 5.74) is 0. The van der Waals surface area contributed by atoms with E-state index in [-0.39, 0.29) is 6.10 Å². The summed E-state index contributed by atoms with van der Waals surface area (Å²) in [7, 11) is 3.87. The summed E-state index contributed by atoms with van der Waals surface area (Å²) in [6, 6.07) is 0. The Bertz CT molecular complexity index is 82.5. The Morgan fingerprint density at radius 2 is 1.88 bits per heavy atom. The van der Waals surface area contributed by atoms with Crippen LogP contribution in [0.25, 0.3) is 0 Å². The quantitative estimate of drug-likeness (QED) is 0.294. The first kappa shape index (κ1) is 7.47. The van der Waals surface area contributed by atoms with Gasteiger partial charge in [0.15, 0.2) is 0 Å². The Morgan fingerprint density at radius 1 is 1.38 bits per heavy atom. The SMILES string of the molecule is CC(C)OC=[N+](C)C. The van der Waals surface area contributed by atoms with Gasteiger partial charge < -0.3 is 4.74 Å². The van der Waals surface area contributed by atoms with Gasteiger partial charge in [-0.25, -0.2) is 4.58 Å². The monoisotopic (exact) mass is 116 g/mol. The predicted octanol–water partition coefficient (Wildman–Crippen LogP) is 0.712. The zero-order valence-corrected chi connectivity index (χ0v) is 6.01. The summed E-state index contributed by atoms with van der Waals surface area (Å²) in [4.78, 5) is 0. The molecule has 2 nitrogen and oxygen atoms in total. The average molecular weight is 116 g/mol. The number of rotatable bonds is 2. The van der Waals surface area contributed by atoms with Gasteiger partial charge in [0.25, 0.3) is 0 Å². The average Bonchev–Trinajstić information content (AvgIpc) is 1.61. The smallest absolute Gasteiger partial charge is 0.323 e. The second kappa shape index (κ2) is 3.47. The first-order valence-electron chi connectivity index (χ1n) is 2.78. The van der Waals surface area contributed by atoms with E-state index >= 15 is 0 Å². The lowest BCUT2D eigenvalue weighted by Crippen LogP contribution is -2.07. The topological polar surface area (TPSA) is 12.2 Å². The Kier molecular flexibility index (Phi) is 3.24. The minimum absolute atomic E-state index is 0.289. The number of hydrogen-bond acceptors (Lipinski definition) is 1. The predicted molar refractivity (Wildman–Crippen MR) is 34.4 cm³/mol. The van der Waals surface area contributed by atoms with Gasteiger partial charge in [-0.05, 0) is 13.8 Å². The van der Waals surface area contributed by atoms with E-state index in [2.05, 4.69) is 0 Å². The van der Waals surface area contributed by atoms with Crippen LogP contribution in [0.2, 0.25) is 0 Å². The molecule has 0 heterocycles. The van der Waals surface area contributed by atoms with Crippen molar-refractivity contribution in [1.29, 1.82) is 0 Å². The molecule has 0 amide bonds. The van der Waals surface area contributed by atoms with Crippen LogP contribution in [-0.4, -0.2) is 31.2 Å². The first-order valence-corrected chi connectivity index (χ1v) is 2.78. The normalized spacial score (nSPS) is 9.12. The molecule has 0 saturated carbocycles. The van der Waals surface area contributed by atoms with Gasteiger partial charge >= 0.3 is 6.40 Å². The van der Waals surface area contributed by atoms with Crippen molar-refractivity contribution in [2.75, 3.05) is 14.1 Å². The van der Waals surface area contributed by atoms with Crippen molar-refractivity contribution in [3.63, 3.8) is 0 Å². The fraction of sp³-hybridized carbons (Fsp3) is 0.833. The Balaban J connectivity index is 3.29. The maximum Gasteiger partial charge on any atom is 0.323 e. The second-order valence-electron chi connectivity index (χ2n) is 2.25. The highest BCUT2D eigenvalue weighted by atomic mass is 16.5. The summed E-state index contributed by atoms with van der Waals surface area (Å²) < 4.78 is 6.98. The molecular weight excluding hydrogens is 102 g/mol. The van der Waals surface area contributed by atoms with E-state index in [1.54, 1.807) is 6.40 Å². The molecule has 8 heavy (non-hydrogen) atoms. The van der Waals surface area contributed by atoms with Crippen molar-refractivity contribution in [3.05, 3.63) is 0 Å². The van der Waals surface area contributed by atoms with E-state index in [0.29, 0.717) is 0 Å². The van der Waals surface area contributed by atoms with E-state index in [4.69, 9.17) is 4.74 Å². The summed E-state index contributed by atoms with van der Waals surface area (Å²) in [5.74, 6) is 0. The van der Waals surface area contributed by atoms with Crippen LogP contribution in [-0.2, 0) is 4.74 Å². The molecule has 0 aliphatic rings. The van der Waals surface area contributed by atoms with Crippen LogP contribution >= 0.6 is 0 Å². The highest BCUT2D eigenvalue weighted by molar-refractivity contribution is 5.39. The third-order valence-corrected chi connectivity index (χ3v) is 0.544. The van der Waals surface area contributed by atoms with Crippen LogP contribution < -0.4 is 0 Å². The van der Waals surface area contributed by atoms with E-state index in [9.17, 15) is 0 Å². The maximum absolute atomic E-state index is 5.10. The molecule has 0 aliphatic carbocycles. The van der Waals surface area contributed by atoms with Crippen molar-refractivity contribution in [2.45, 2.75) is 20.0 Å². The van der Waals surface area contributed by atoms with E-state index in [0.717, 1.165) is 0 Å². The van der Waals surface area contributed by atoms with Gasteiger partial charge in [0.05, 0.1) is 6.10 Å². The molecule has 0 aromatic carbocycles. The van der Waals surface area contributed by atoms with E-state index < -0.39 is 0 Å². The summed E-state index contributed by atoms with van der Waals surface area (Å²) >= 11 is 0.